The standard InChI is InChI=1S/C22H26N8O/c1-14-9-20(25-15(2)24-14)26-21-11-18-10-16(5-8-30(18)27-21)22-19(12-23-29(22)4)31-13-17-6-7-28(17)3/h5,8-12,17H,6-7,13H2,1-4H3,(H,24,25,26,27)/t17-/m1/s1/i3D3. The number of rotatable bonds is 6. The maximum Gasteiger partial charge on any atom is 0.165 e. The minimum Gasteiger partial charge on any atom is -0.488 e. The topological polar surface area (TPSA) is 85.4 Å². The van der Waals surface area contributed by atoms with E-state index in [1.165, 1.54) is 4.90 Å². The third-order valence-corrected chi connectivity index (χ3v) is 5.44. The second kappa shape index (κ2) is 7.66. The average molecular weight is 422 g/mol. The van der Waals surface area contributed by atoms with Crippen LogP contribution in [0.25, 0.3) is 16.8 Å². The van der Waals surface area contributed by atoms with Crippen molar-refractivity contribution in [1.29, 1.82) is 0 Å². The van der Waals surface area contributed by atoms with Crippen LogP contribution in [-0.4, -0.2) is 60.4 Å². The van der Waals surface area contributed by atoms with Gasteiger partial charge in [-0.25, -0.2) is 14.5 Å². The Balaban J connectivity index is 1.37. The minimum atomic E-state index is -2.09. The summed E-state index contributed by atoms with van der Waals surface area (Å²) >= 11 is 0. The molecule has 1 N–H and O–H groups in total. The number of nitrogens with zero attached hydrogens (tertiary/aromatic N) is 7. The summed E-state index contributed by atoms with van der Waals surface area (Å²) in [6, 6.07) is 7.65. The van der Waals surface area contributed by atoms with E-state index in [1.807, 2.05) is 51.4 Å². The maximum absolute atomic E-state index is 7.62. The van der Waals surface area contributed by atoms with Crippen LogP contribution in [0.15, 0.2) is 36.7 Å². The van der Waals surface area contributed by atoms with Gasteiger partial charge in [0.15, 0.2) is 11.6 Å². The number of likely N-dealkylation sites (N-methyl/N-ethyl adjacent to an activating group) is 1. The van der Waals surface area contributed by atoms with Crippen molar-refractivity contribution in [2.24, 2.45) is 7.05 Å². The minimum absolute atomic E-state index is 0.124. The van der Waals surface area contributed by atoms with Crippen LogP contribution in [0.2, 0.25) is 0 Å². The summed E-state index contributed by atoms with van der Waals surface area (Å²) in [6.07, 6.45) is 4.35. The SMILES string of the molecule is [2H]C([2H])([2H])N1CC[C@@H]1COc1cnn(C)c1-c1ccn2nc(Nc3cc(C)nc(C)n3)cc2c1. The Morgan fingerprint density at radius 1 is 1.23 bits per heavy atom. The molecule has 0 spiro atoms. The molecule has 9 nitrogen and oxygen atoms in total. The van der Waals surface area contributed by atoms with Crippen molar-refractivity contribution in [3.05, 3.63) is 48.2 Å². The zero-order valence-corrected chi connectivity index (χ0v) is 17.7. The Bertz CT molecular complexity index is 1330. The summed E-state index contributed by atoms with van der Waals surface area (Å²) in [6.45, 7) is 2.55. The first-order valence-electron chi connectivity index (χ1n) is 11.7. The van der Waals surface area contributed by atoms with E-state index in [2.05, 4.69) is 25.5 Å². The Hall–Kier alpha value is -3.46. The van der Waals surface area contributed by atoms with E-state index in [0.29, 0.717) is 36.4 Å². The molecule has 31 heavy (non-hydrogen) atoms. The lowest BCUT2D eigenvalue weighted by atomic mass is 10.1. The fraction of sp³-hybridized carbons (Fsp3) is 0.364. The first kappa shape index (κ1) is 16.3. The molecule has 1 fully saturated rings. The molecule has 1 aliphatic heterocycles. The molecule has 0 saturated carbocycles. The van der Waals surface area contributed by atoms with Gasteiger partial charge in [-0.15, -0.1) is 0 Å². The van der Waals surface area contributed by atoms with Crippen LogP contribution < -0.4 is 10.1 Å². The quantitative estimate of drug-likeness (QED) is 0.512. The second-order valence-corrected chi connectivity index (χ2v) is 7.81. The highest BCUT2D eigenvalue weighted by Gasteiger charge is 2.25. The fourth-order valence-electron chi connectivity index (χ4n) is 3.77. The number of nitrogens with one attached hydrogen (secondary N) is 1. The van der Waals surface area contributed by atoms with Gasteiger partial charge >= 0.3 is 0 Å². The third kappa shape index (κ3) is 3.84. The smallest absolute Gasteiger partial charge is 0.165 e. The molecular weight excluding hydrogens is 392 g/mol. The van der Waals surface area contributed by atoms with E-state index in [-0.39, 0.29) is 6.04 Å². The lowest BCUT2D eigenvalue weighted by Crippen LogP contribution is -2.48. The van der Waals surface area contributed by atoms with Crippen LogP contribution in [0.1, 0.15) is 22.1 Å². The van der Waals surface area contributed by atoms with Crippen LogP contribution in [0.3, 0.4) is 0 Å². The number of hydrogen-bond acceptors (Lipinski definition) is 7. The number of pyridine rings is 1. The molecule has 1 atom stereocenters. The Morgan fingerprint density at radius 3 is 2.90 bits per heavy atom. The zero-order chi connectivity index (χ0) is 24.0. The van der Waals surface area contributed by atoms with E-state index < -0.39 is 6.98 Å². The van der Waals surface area contributed by atoms with Gasteiger partial charge < -0.3 is 10.1 Å². The lowest BCUT2D eigenvalue weighted by Gasteiger charge is -2.37. The molecule has 5 rings (SSSR count). The molecule has 1 saturated heterocycles. The van der Waals surface area contributed by atoms with Crippen molar-refractivity contribution in [3.63, 3.8) is 0 Å². The van der Waals surface area contributed by atoms with E-state index in [9.17, 15) is 0 Å². The van der Waals surface area contributed by atoms with Gasteiger partial charge in [0.1, 0.15) is 23.9 Å². The molecule has 4 aromatic heterocycles. The van der Waals surface area contributed by atoms with Gasteiger partial charge in [-0.3, -0.25) is 9.58 Å². The normalized spacial score (nSPS) is 18.3. The molecule has 4 aromatic rings. The molecule has 160 valence electrons. The predicted octanol–water partition coefficient (Wildman–Crippen LogP) is 2.97. The monoisotopic (exact) mass is 421 g/mol. The summed E-state index contributed by atoms with van der Waals surface area (Å²) in [5, 5.41) is 12.2. The number of ether oxygens (including phenoxy) is 1. The van der Waals surface area contributed by atoms with E-state index in [4.69, 9.17) is 8.85 Å². The molecule has 0 amide bonds. The third-order valence-electron chi connectivity index (χ3n) is 5.44. The van der Waals surface area contributed by atoms with Crippen molar-refractivity contribution in [1.82, 2.24) is 34.3 Å². The van der Waals surface area contributed by atoms with Gasteiger partial charge in [0, 0.05) is 46.8 Å². The maximum atomic E-state index is 7.62. The number of anilines is 2. The number of fused-ring (bicyclic) bond motifs is 1. The highest BCUT2D eigenvalue weighted by atomic mass is 16.5. The van der Waals surface area contributed by atoms with Crippen molar-refractivity contribution >= 4 is 17.2 Å². The van der Waals surface area contributed by atoms with Gasteiger partial charge in [-0.05, 0) is 45.9 Å². The van der Waals surface area contributed by atoms with Crippen LogP contribution in [0.5, 0.6) is 5.75 Å². The van der Waals surface area contributed by atoms with E-state index in [0.717, 1.165) is 28.9 Å². The fourth-order valence-corrected chi connectivity index (χ4v) is 3.77. The Morgan fingerprint density at radius 2 is 2.13 bits per heavy atom. The van der Waals surface area contributed by atoms with Crippen molar-refractivity contribution in [3.8, 4) is 17.0 Å². The average Bonchev–Trinajstić information content (AvgIpc) is 3.27. The highest BCUT2D eigenvalue weighted by molar-refractivity contribution is 5.72. The number of hydrogen-bond donors (Lipinski definition) is 1. The molecule has 0 aliphatic carbocycles. The molecule has 1 aliphatic rings. The summed E-state index contributed by atoms with van der Waals surface area (Å²) in [5.74, 6) is 2.68. The van der Waals surface area contributed by atoms with Gasteiger partial charge in [0.05, 0.1) is 11.7 Å². The van der Waals surface area contributed by atoms with Gasteiger partial charge in [-0.2, -0.15) is 10.2 Å². The Kier molecular flexibility index (Phi) is 4.02. The van der Waals surface area contributed by atoms with Crippen LogP contribution in [0.4, 0.5) is 11.6 Å². The van der Waals surface area contributed by atoms with E-state index >= 15 is 0 Å². The van der Waals surface area contributed by atoms with Gasteiger partial charge in [0.2, 0.25) is 0 Å². The molecule has 0 radical (unpaired) electrons. The second-order valence-electron chi connectivity index (χ2n) is 7.81. The molecule has 0 unspecified atom stereocenters. The summed E-state index contributed by atoms with van der Waals surface area (Å²) < 4.78 is 32.4. The van der Waals surface area contributed by atoms with Crippen molar-refractivity contribution in [2.75, 3.05) is 25.4 Å². The Labute approximate surface area is 184 Å². The molecule has 0 aromatic carbocycles. The number of likely N-dealkylation sites (tertiary alicyclic amines) is 1. The van der Waals surface area contributed by atoms with Crippen molar-refractivity contribution < 1.29 is 8.85 Å². The van der Waals surface area contributed by atoms with Crippen molar-refractivity contribution in [2.45, 2.75) is 26.3 Å². The first-order valence-corrected chi connectivity index (χ1v) is 10.2. The van der Waals surface area contributed by atoms with Gasteiger partial charge in [-0.1, -0.05) is 0 Å². The molecular formula is C22H26N8O. The van der Waals surface area contributed by atoms with Crippen LogP contribution >= 0.6 is 0 Å². The molecule has 9 heteroatoms. The molecule has 0 bridgehead atoms. The van der Waals surface area contributed by atoms with Crippen LogP contribution in [-0.2, 0) is 7.05 Å². The number of aryl methyl sites for hydroxylation is 3. The largest absolute Gasteiger partial charge is 0.488 e. The van der Waals surface area contributed by atoms with Gasteiger partial charge in [0.25, 0.3) is 0 Å². The van der Waals surface area contributed by atoms with Crippen LogP contribution in [0, 0.1) is 13.8 Å². The number of aromatic nitrogens is 6. The summed E-state index contributed by atoms with van der Waals surface area (Å²) in [5.41, 5.74) is 3.51. The summed E-state index contributed by atoms with van der Waals surface area (Å²) in [4.78, 5) is 10.2. The molecule has 5 heterocycles. The zero-order valence-electron chi connectivity index (χ0n) is 20.7. The highest BCUT2D eigenvalue weighted by Crippen LogP contribution is 2.31. The lowest BCUT2D eigenvalue weighted by molar-refractivity contribution is 0.0771. The summed E-state index contributed by atoms with van der Waals surface area (Å²) in [7, 11) is 1.85. The van der Waals surface area contributed by atoms with E-state index in [1.54, 1.807) is 15.4 Å². The predicted molar refractivity (Wildman–Crippen MR) is 119 cm³/mol. The first-order chi connectivity index (χ1) is 16.2.